The summed E-state index contributed by atoms with van der Waals surface area (Å²) in [5.41, 5.74) is 0. The van der Waals surface area contributed by atoms with Gasteiger partial charge in [0.1, 0.15) is 0 Å². The molecule has 0 fully saturated rings. The van der Waals surface area contributed by atoms with Crippen molar-refractivity contribution in [3.8, 4) is 0 Å². The van der Waals surface area contributed by atoms with Gasteiger partial charge in [0.2, 0.25) is 0 Å². The number of rotatable bonds is 4. The summed E-state index contributed by atoms with van der Waals surface area (Å²) in [7, 11) is 0. The van der Waals surface area contributed by atoms with E-state index in [-0.39, 0.29) is 6.10 Å². The molecule has 0 rings (SSSR count). The van der Waals surface area contributed by atoms with Gasteiger partial charge in [-0.3, -0.25) is 0 Å². The van der Waals surface area contributed by atoms with E-state index in [1.165, 1.54) is 5.75 Å². The molecule has 0 heterocycles. The van der Waals surface area contributed by atoms with Crippen LogP contribution in [0, 0.1) is 0 Å². The van der Waals surface area contributed by atoms with E-state index in [4.69, 9.17) is 5.11 Å². The zero-order chi connectivity index (χ0) is 6.41. The molecule has 0 spiro atoms. The lowest BCUT2D eigenvalue weighted by Gasteiger charge is -2.00. The smallest absolute Gasteiger partial charge is 0.0512 e. The van der Waals surface area contributed by atoms with Crippen LogP contribution in [0.15, 0.2) is 0 Å². The van der Waals surface area contributed by atoms with Crippen LogP contribution >= 0.6 is 11.8 Å². The normalized spacial score (nSPS) is 13.9. The van der Waals surface area contributed by atoms with Crippen LogP contribution in [0.2, 0.25) is 0 Å². The van der Waals surface area contributed by atoms with Crippen LogP contribution in [0.5, 0.6) is 0 Å². The van der Waals surface area contributed by atoms with Crippen LogP contribution < -0.4 is 0 Å². The van der Waals surface area contributed by atoms with Crippen molar-refractivity contribution < 1.29 is 5.11 Å². The predicted molar refractivity (Wildman–Crippen MR) is 39.3 cm³/mol. The lowest BCUT2D eigenvalue weighted by atomic mass is 10.2. The summed E-state index contributed by atoms with van der Waals surface area (Å²) in [6.45, 7) is 1.83. The standard InChI is InChI=1S/C6H14OS/c1-6(7)4-3-5-8-2/h6-7H,3-5H2,1-2H3. The molecule has 0 bridgehead atoms. The van der Waals surface area contributed by atoms with Gasteiger partial charge >= 0.3 is 0 Å². The second-order valence-corrected chi connectivity index (χ2v) is 2.97. The first kappa shape index (κ1) is 8.31. The first-order chi connectivity index (χ1) is 3.77. The highest BCUT2D eigenvalue weighted by molar-refractivity contribution is 7.98. The Balaban J connectivity index is 2.72. The number of aliphatic hydroxyl groups is 1. The Morgan fingerprint density at radius 3 is 2.62 bits per heavy atom. The summed E-state index contributed by atoms with van der Waals surface area (Å²) < 4.78 is 0. The predicted octanol–water partition coefficient (Wildman–Crippen LogP) is 1.51. The minimum atomic E-state index is -0.109. The van der Waals surface area contributed by atoms with Gasteiger partial charge in [0, 0.05) is 0 Å². The Morgan fingerprint density at radius 1 is 1.62 bits per heavy atom. The number of hydrogen-bond acceptors (Lipinski definition) is 2. The van der Waals surface area contributed by atoms with Gasteiger partial charge in [-0.25, -0.2) is 0 Å². The Labute approximate surface area is 55.5 Å². The maximum atomic E-state index is 8.77. The Kier molecular flexibility index (Phi) is 5.66. The van der Waals surface area contributed by atoms with Crippen LogP contribution in [-0.4, -0.2) is 23.2 Å². The van der Waals surface area contributed by atoms with Gasteiger partial charge in [-0.2, -0.15) is 11.8 Å². The highest BCUT2D eigenvalue weighted by Gasteiger charge is 1.92. The van der Waals surface area contributed by atoms with Crippen molar-refractivity contribution in [2.45, 2.75) is 25.9 Å². The molecule has 0 aromatic rings. The fourth-order valence-electron chi connectivity index (χ4n) is 0.523. The SMILES string of the molecule is CSCCCC(C)O. The lowest BCUT2D eigenvalue weighted by molar-refractivity contribution is 0.184. The van der Waals surface area contributed by atoms with Gasteiger partial charge in [-0.1, -0.05) is 0 Å². The average Bonchev–Trinajstić information content (AvgIpc) is 1.66. The van der Waals surface area contributed by atoms with Gasteiger partial charge < -0.3 is 5.11 Å². The first-order valence-electron chi connectivity index (χ1n) is 2.94. The minimum absolute atomic E-state index is 0.109. The topological polar surface area (TPSA) is 20.2 Å². The van der Waals surface area contributed by atoms with Crippen molar-refractivity contribution in [3.05, 3.63) is 0 Å². The molecular formula is C6H14OS. The van der Waals surface area contributed by atoms with Crippen molar-refractivity contribution in [2.24, 2.45) is 0 Å². The molecule has 0 radical (unpaired) electrons. The highest BCUT2D eigenvalue weighted by Crippen LogP contribution is 2.01. The zero-order valence-electron chi connectivity index (χ0n) is 5.55. The molecule has 2 heteroatoms. The maximum Gasteiger partial charge on any atom is 0.0512 e. The van der Waals surface area contributed by atoms with Crippen molar-refractivity contribution in [1.29, 1.82) is 0 Å². The molecule has 0 aromatic heterocycles. The lowest BCUT2D eigenvalue weighted by Crippen LogP contribution is -1.98. The van der Waals surface area contributed by atoms with Gasteiger partial charge in [-0.05, 0) is 31.8 Å². The molecule has 1 N–H and O–H groups in total. The molecule has 1 unspecified atom stereocenters. The molecule has 8 heavy (non-hydrogen) atoms. The summed E-state index contributed by atoms with van der Waals surface area (Å²) >= 11 is 1.83. The summed E-state index contributed by atoms with van der Waals surface area (Å²) in [5, 5.41) is 8.77. The van der Waals surface area contributed by atoms with Crippen LogP contribution in [0.25, 0.3) is 0 Å². The third-order valence-electron chi connectivity index (χ3n) is 0.970. The van der Waals surface area contributed by atoms with Crippen molar-refractivity contribution in [3.63, 3.8) is 0 Å². The van der Waals surface area contributed by atoms with Crippen LogP contribution in [0.3, 0.4) is 0 Å². The summed E-state index contributed by atoms with van der Waals surface area (Å²) in [6.07, 6.45) is 4.06. The fraction of sp³-hybridized carbons (Fsp3) is 1.00. The van der Waals surface area contributed by atoms with E-state index in [0.29, 0.717) is 0 Å². The van der Waals surface area contributed by atoms with E-state index >= 15 is 0 Å². The third kappa shape index (κ3) is 6.31. The molecule has 0 saturated heterocycles. The third-order valence-corrected chi connectivity index (χ3v) is 1.67. The Bertz CT molecular complexity index is 45.8. The van der Waals surface area contributed by atoms with E-state index in [0.717, 1.165) is 12.8 Å². The van der Waals surface area contributed by atoms with E-state index in [1.807, 2.05) is 18.7 Å². The van der Waals surface area contributed by atoms with E-state index in [1.54, 1.807) is 0 Å². The molecular weight excluding hydrogens is 120 g/mol. The summed E-state index contributed by atoms with van der Waals surface area (Å²) in [6, 6.07) is 0. The molecule has 0 aliphatic rings. The quantitative estimate of drug-likeness (QED) is 0.588. The first-order valence-corrected chi connectivity index (χ1v) is 4.33. The molecule has 0 aromatic carbocycles. The Hall–Kier alpha value is 0.310. The van der Waals surface area contributed by atoms with Gasteiger partial charge in [0.15, 0.2) is 0 Å². The summed E-state index contributed by atoms with van der Waals surface area (Å²) in [4.78, 5) is 0. The van der Waals surface area contributed by atoms with Crippen molar-refractivity contribution in [2.75, 3.05) is 12.0 Å². The molecule has 1 nitrogen and oxygen atoms in total. The molecule has 0 amide bonds. The van der Waals surface area contributed by atoms with E-state index in [2.05, 4.69) is 6.26 Å². The minimum Gasteiger partial charge on any atom is -0.393 e. The van der Waals surface area contributed by atoms with Gasteiger partial charge in [0.25, 0.3) is 0 Å². The highest BCUT2D eigenvalue weighted by atomic mass is 32.2. The Morgan fingerprint density at radius 2 is 2.25 bits per heavy atom. The maximum absolute atomic E-state index is 8.77. The monoisotopic (exact) mass is 134 g/mol. The van der Waals surface area contributed by atoms with E-state index < -0.39 is 0 Å². The number of thioether (sulfide) groups is 1. The van der Waals surface area contributed by atoms with Gasteiger partial charge in [-0.15, -0.1) is 0 Å². The van der Waals surface area contributed by atoms with Crippen molar-refractivity contribution >= 4 is 11.8 Å². The number of hydrogen-bond donors (Lipinski definition) is 1. The van der Waals surface area contributed by atoms with Crippen molar-refractivity contribution in [1.82, 2.24) is 0 Å². The molecule has 1 atom stereocenters. The fourth-order valence-corrected chi connectivity index (χ4v) is 0.978. The average molecular weight is 134 g/mol. The second-order valence-electron chi connectivity index (χ2n) is 1.98. The van der Waals surface area contributed by atoms with Crippen LogP contribution in [0.1, 0.15) is 19.8 Å². The van der Waals surface area contributed by atoms with E-state index in [9.17, 15) is 0 Å². The van der Waals surface area contributed by atoms with Crippen LogP contribution in [-0.2, 0) is 0 Å². The molecule has 50 valence electrons. The van der Waals surface area contributed by atoms with Gasteiger partial charge in [0.05, 0.1) is 6.10 Å². The number of aliphatic hydroxyl groups excluding tert-OH is 1. The zero-order valence-corrected chi connectivity index (χ0v) is 6.37. The molecule has 0 saturated carbocycles. The second kappa shape index (κ2) is 5.45. The largest absolute Gasteiger partial charge is 0.393 e. The van der Waals surface area contributed by atoms with Crippen LogP contribution in [0.4, 0.5) is 0 Å². The molecule has 0 aliphatic heterocycles. The summed E-state index contributed by atoms with van der Waals surface area (Å²) in [5.74, 6) is 1.17. The molecule has 0 aliphatic carbocycles.